The van der Waals surface area contributed by atoms with Gasteiger partial charge in [0.25, 0.3) is 0 Å². The monoisotopic (exact) mass is 194 g/mol. The third kappa shape index (κ3) is 7.81. The van der Waals surface area contributed by atoms with Crippen molar-refractivity contribution < 1.29 is 4.74 Å². The summed E-state index contributed by atoms with van der Waals surface area (Å²) in [5.41, 5.74) is 2.32. The van der Waals surface area contributed by atoms with Gasteiger partial charge in [0.1, 0.15) is 0 Å². The van der Waals surface area contributed by atoms with E-state index in [1.54, 1.807) is 0 Å². The van der Waals surface area contributed by atoms with E-state index in [9.17, 15) is 0 Å². The zero-order valence-electron chi connectivity index (χ0n) is 9.51. The van der Waals surface area contributed by atoms with Crippen LogP contribution in [-0.2, 0) is 4.74 Å². The maximum atomic E-state index is 5.48. The first-order valence-corrected chi connectivity index (χ1v) is 5.24. The molecule has 1 nitrogen and oxygen atoms in total. The minimum absolute atomic E-state index is 0.718. The molecule has 14 heavy (non-hydrogen) atoms. The average molecular weight is 194 g/mol. The maximum Gasteiger partial charge on any atom is 0.0677 e. The Hall–Kier alpha value is -0.820. The van der Waals surface area contributed by atoms with Crippen molar-refractivity contribution in [1.29, 1.82) is 0 Å². The second-order valence-electron chi connectivity index (χ2n) is 3.55. The average Bonchev–Trinajstić information content (AvgIpc) is 2.13. The van der Waals surface area contributed by atoms with E-state index in [0.29, 0.717) is 0 Å². The summed E-state index contributed by atoms with van der Waals surface area (Å²) in [5, 5.41) is 0. The van der Waals surface area contributed by atoms with Crippen molar-refractivity contribution in [3.05, 3.63) is 36.5 Å². The second kappa shape index (κ2) is 8.76. The van der Waals surface area contributed by atoms with Crippen LogP contribution in [0.1, 0.15) is 33.1 Å². The summed E-state index contributed by atoms with van der Waals surface area (Å²) in [7, 11) is 0. The van der Waals surface area contributed by atoms with Crippen LogP contribution >= 0.6 is 0 Å². The van der Waals surface area contributed by atoms with Gasteiger partial charge in [-0.15, -0.1) is 6.58 Å². The molecule has 0 amide bonds. The third-order valence-corrected chi connectivity index (χ3v) is 1.83. The number of ether oxygens (including phenoxy) is 1. The first kappa shape index (κ1) is 13.2. The molecule has 0 spiro atoms. The first-order valence-electron chi connectivity index (χ1n) is 5.24. The Morgan fingerprint density at radius 2 is 2.14 bits per heavy atom. The number of hydrogen-bond donors (Lipinski definition) is 0. The van der Waals surface area contributed by atoms with Crippen LogP contribution < -0.4 is 0 Å². The third-order valence-electron chi connectivity index (χ3n) is 1.83. The molecular formula is C13H22O. The van der Waals surface area contributed by atoms with E-state index in [0.717, 1.165) is 31.6 Å². The van der Waals surface area contributed by atoms with Crippen molar-refractivity contribution in [2.75, 3.05) is 13.2 Å². The molecule has 0 aromatic heterocycles. The predicted octanol–water partition coefficient (Wildman–Crippen LogP) is 3.88. The molecule has 0 N–H and O–H groups in total. The van der Waals surface area contributed by atoms with Gasteiger partial charge in [0.05, 0.1) is 6.61 Å². The van der Waals surface area contributed by atoms with Crippen LogP contribution in [0, 0.1) is 0 Å². The summed E-state index contributed by atoms with van der Waals surface area (Å²) in [6.45, 7) is 13.4. The van der Waals surface area contributed by atoms with E-state index >= 15 is 0 Å². The van der Waals surface area contributed by atoms with E-state index < -0.39 is 0 Å². The lowest BCUT2D eigenvalue weighted by atomic mass is 10.1. The highest BCUT2D eigenvalue weighted by atomic mass is 16.5. The van der Waals surface area contributed by atoms with Crippen LogP contribution in [-0.4, -0.2) is 13.2 Å². The summed E-state index contributed by atoms with van der Waals surface area (Å²) < 4.78 is 5.48. The molecule has 0 saturated carbocycles. The van der Waals surface area contributed by atoms with Gasteiger partial charge in [-0.25, -0.2) is 0 Å². The summed E-state index contributed by atoms with van der Waals surface area (Å²) in [4.78, 5) is 0. The Morgan fingerprint density at radius 3 is 2.71 bits per heavy atom. The van der Waals surface area contributed by atoms with Crippen molar-refractivity contribution >= 4 is 0 Å². The van der Waals surface area contributed by atoms with Gasteiger partial charge < -0.3 is 4.74 Å². The van der Waals surface area contributed by atoms with Crippen molar-refractivity contribution in [2.45, 2.75) is 33.1 Å². The molecule has 1 heteroatoms. The first-order chi connectivity index (χ1) is 6.70. The fraction of sp³-hybridized carbons (Fsp3) is 0.538. The Kier molecular flexibility index (Phi) is 8.25. The van der Waals surface area contributed by atoms with Crippen LogP contribution in [0.5, 0.6) is 0 Å². The Balaban J connectivity index is 3.65. The van der Waals surface area contributed by atoms with Crippen molar-refractivity contribution in [2.24, 2.45) is 0 Å². The topological polar surface area (TPSA) is 9.23 Å². The molecule has 80 valence electrons. The largest absolute Gasteiger partial charge is 0.377 e. The Bertz CT molecular complexity index is 201. The highest BCUT2D eigenvalue weighted by Gasteiger charge is 1.92. The molecule has 0 fully saturated rings. The molecule has 0 aliphatic carbocycles. The minimum atomic E-state index is 0.718. The summed E-state index contributed by atoms with van der Waals surface area (Å²) in [5.74, 6) is 0. The second-order valence-corrected chi connectivity index (χ2v) is 3.55. The van der Waals surface area contributed by atoms with Crippen LogP contribution in [0.25, 0.3) is 0 Å². The molecule has 0 aromatic rings. The zero-order chi connectivity index (χ0) is 10.8. The quantitative estimate of drug-likeness (QED) is 0.324. The molecule has 0 heterocycles. The highest BCUT2D eigenvalue weighted by molar-refractivity contribution is 5.21. The highest BCUT2D eigenvalue weighted by Crippen LogP contribution is 2.05. The molecule has 0 aliphatic rings. The Labute approximate surface area is 88.2 Å². The molecule has 0 aromatic carbocycles. The number of allylic oxidation sites excluding steroid dienone is 3. The van der Waals surface area contributed by atoms with Gasteiger partial charge in [0, 0.05) is 6.61 Å². The van der Waals surface area contributed by atoms with E-state index in [1.165, 1.54) is 12.0 Å². The standard InChI is InChI=1S/C13H22O/c1-5-7-9-14-11-13(4)10-12(3)8-6-2/h6,10H,2-3,5,7-9,11H2,1,4H3. The van der Waals surface area contributed by atoms with Crippen molar-refractivity contribution in [3.8, 4) is 0 Å². The number of rotatable bonds is 8. The smallest absolute Gasteiger partial charge is 0.0677 e. The van der Waals surface area contributed by atoms with E-state index in [4.69, 9.17) is 4.74 Å². The molecule has 0 saturated heterocycles. The summed E-state index contributed by atoms with van der Waals surface area (Å²) in [6, 6.07) is 0. The SMILES string of the molecule is C=CCC(=C)C=C(C)COCCCC. The fourth-order valence-electron chi connectivity index (χ4n) is 1.11. The zero-order valence-corrected chi connectivity index (χ0v) is 9.51. The molecule has 0 atom stereocenters. The lowest BCUT2D eigenvalue weighted by molar-refractivity contribution is 0.153. The molecule has 0 bridgehead atoms. The number of hydrogen-bond acceptors (Lipinski definition) is 1. The van der Waals surface area contributed by atoms with Crippen LogP contribution in [0.15, 0.2) is 36.5 Å². The van der Waals surface area contributed by atoms with E-state index in [1.807, 2.05) is 6.08 Å². The van der Waals surface area contributed by atoms with Gasteiger partial charge in [0.2, 0.25) is 0 Å². The van der Waals surface area contributed by atoms with Gasteiger partial charge in [0.15, 0.2) is 0 Å². The van der Waals surface area contributed by atoms with Gasteiger partial charge in [-0.3, -0.25) is 0 Å². The van der Waals surface area contributed by atoms with Gasteiger partial charge in [-0.1, -0.05) is 37.6 Å². The lowest BCUT2D eigenvalue weighted by Gasteiger charge is -2.04. The molecule has 0 aliphatic heterocycles. The van der Waals surface area contributed by atoms with Gasteiger partial charge in [-0.2, -0.15) is 0 Å². The predicted molar refractivity (Wildman–Crippen MR) is 63.4 cm³/mol. The lowest BCUT2D eigenvalue weighted by Crippen LogP contribution is -1.97. The molecule has 0 rings (SSSR count). The van der Waals surface area contributed by atoms with E-state index in [-0.39, 0.29) is 0 Å². The maximum absolute atomic E-state index is 5.48. The van der Waals surface area contributed by atoms with E-state index in [2.05, 4.69) is 33.1 Å². The molecule has 0 radical (unpaired) electrons. The minimum Gasteiger partial charge on any atom is -0.377 e. The van der Waals surface area contributed by atoms with Crippen LogP contribution in [0.3, 0.4) is 0 Å². The molecular weight excluding hydrogens is 172 g/mol. The van der Waals surface area contributed by atoms with Gasteiger partial charge >= 0.3 is 0 Å². The van der Waals surface area contributed by atoms with Crippen molar-refractivity contribution in [1.82, 2.24) is 0 Å². The number of unbranched alkanes of at least 4 members (excludes halogenated alkanes) is 1. The molecule has 0 unspecified atom stereocenters. The fourth-order valence-corrected chi connectivity index (χ4v) is 1.11. The summed E-state index contributed by atoms with van der Waals surface area (Å²) >= 11 is 0. The summed E-state index contributed by atoms with van der Waals surface area (Å²) in [6.07, 6.45) is 7.12. The normalized spacial score (nSPS) is 11.4. The Morgan fingerprint density at radius 1 is 1.43 bits per heavy atom. The van der Waals surface area contributed by atoms with Crippen LogP contribution in [0.4, 0.5) is 0 Å². The van der Waals surface area contributed by atoms with Crippen molar-refractivity contribution in [3.63, 3.8) is 0 Å². The van der Waals surface area contributed by atoms with Gasteiger partial charge in [-0.05, 0) is 25.3 Å². The van der Waals surface area contributed by atoms with Crippen LogP contribution in [0.2, 0.25) is 0 Å².